The Labute approximate surface area is 162 Å². The number of halogens is 1. The number of likely N-dealkylation sites (tertiary alicyclic amines) is 1. The maximum Gasteiger partial charge on any atom is 0.191 e. The van der Waals surface area contributed by atoms with E-state index in [1.54, 1.807) is 6.26 Å². The van der Waals surface area contributed by atoms with Gasteiger partial charge < -0.3 is 15.1 Å². The fourth-order valence-corrected chi connectivity index (χ4v) is 3.62. The number of guanidine groups is 1. The number of rotatable bonds is 7. The minimum Gasteiger partial charge on any atom is -0.468 e. The second-order valence-electron chi connectivity index (χ2n) is 6.76. The second kappa shape index (κ2) is 9.65. The lowest BCUT2D eigenvalue weighted by atomic mass is 10.2. The van der Waals surface area contributed by atoms with Crippen molar-refractivity contribution in [2.24, 2.45) is 10.9 Å². The highest BCUT2D eigenvalue weighted by Gasteiger charge is 2.36. The molecule has 2 heterocycles. The van der Waals surface area contributed by atoms with E-state index in [0.717, 1.165) is 37.3 Å². The zero-order valence-electron chi connectivity index (χ0n) is 14.8. The Morgan fingerprint density at radius 2 is 2.21 bits per heavy atom. The van der Waals surface area contributed by atoms with Crippen LogP contribution < -0.4 is 10.6 Å². The van der Waals surface area contributed by atoms with E-state index >= 15 is 0 Å². The van der Waals surface area contributed by atoms with Crippen LogP contribution in [0.5, 0.6) is 0 Å². The Kier molecular flexibility index (Phi) is 7.87. The van der Waals surface area contributed by atoms with E-state index in [9.17, 15) is 0 Å². The van der Waals surface area contributed by atoms with Gasteiger partial charge in [0.2, 0.25) is 0 Å². The van der Waals surface area contributed by atoms with E-state index in [-0.39, 0.29) is 30.0 Å². The van der Waals surface area contributed by atoms with Gasteiger partial charge in [-0.3, -0.25) is 9.89 Å². The summed E-state index contributed by atoms with van der Waals surface area (Å²) >= 11 is 0. The van der Waals surface area contributed by atoms with Gasteiger partial charge in [0, 0.05) is 19.6 Å². The molecule has 1 aliphatic carbocycles. The first-order valence-corrected chi connectivity index (χ1v) is 9.06. The molecule has 0 amide bonds. The summed E-state index contributed by atoms with van der Waals surface area (Å²) in [5, 5.41) is 7.06. The van der Waals surface area contributed by atoms with Crippen molar-refractivity contribution in [3.63, 3.8) is 0 Å². The minimum atomic E-state index is 0. The topological polar surface area (TPSA) is 52.8 Å². The van der Waals surface area contributed by atoms with Crippen LogP contribution in [0.1, 0.15) is 50.8 Å². The number of aliphatic imine (C=N–C) groups is 1. The molecule has 2 aliphatic rings. The van der Waals surface area contributed by atoms with Gasteiger partial charge in [0.25, 0.3) is 0 Å². The smallest absolute Gasteiger partial charge is 0.191 e. The number of furan rings is 1. The van der Waals surface area contributed by atoms with Crippen LogP contribution in [0.2, 0.25) is 0 Å². The molecule has 1 aromatic rings. The van der Waals surface area contributed by atoms with Gasteiger partial charge in [-0.2, -0.15) is 0 Å². The normalized spacial score (nSPS) is 25.2. The van der Waals surface area contributed by atoms with Gasteiger partial charge in [0.15, 0.2) is 5.96 Å². The largest absolute Gasteiger partial charge is 0.468 e. The van der Waals surface area contributed by atoms with Crippen LogP contribution in [0.3, 0.4) is 0 Å². The molecular weight excluding hydrogens is 415 g/mol. The van der Waals surface area contributed by atoms with Gasteiger partial charge in [-0.05, 0) is 56.8 Å². The molecule has 1 saturated heterocycles. The van der Waals surface area contributed by atoms with Crippen LogP contribution >= 0.6 is 24.0 Å². The molecule has 1 aliphatic heterocycles. The van der Waals surface area contributed by atoms with Gasteiger partial charge in [0.05, 0.1) is 12.3 Å². The molecule has 6 heteroatoms. The van der Waals surface area contributed by atoms with Crippen molar-refractivity contribution in [1.82, 2.24) is 15.5 Å². The Balaban J connectivity index is 0.00000208. The Morgan fingerprint density at radius 3 is 2.83 bits per heavy atom. The lowest BCUT2D eigenvalue weighted by molar-refractivity contribution is 0.215. The maximum atomic E-state index is 5.67. The Bertz CT molecular complexity index is 499. The molecule has 0 bridgehead atoms. The third-order valence-electron chi connectivity index (χ3n) is 5.04. The van der Waals surface area contributed by atoms with E-state index in [1.807, 2.05) is 13.1 Å². The standard InChI is InChI=1S/C18H30N4O.HI/c1-3-7-14-12-15(14)21-18(19-2)20-13-16(17-8-6-11-23-17)22-9-4-5-10-22;/h6,8,11,14-16H,3-5,7,9-10,12-13H2,1-2H3,(H2,19,20,21);1H. The molecule has 3 atom stereocenters. The number of hydrogen-bond acceptors (Lipinski definition) is 3. The quantitative estimate of drug-likeness (QED) is 0.383. The van der Waals surface area contributed by atoms with Crippen LogP contribution in [0.4, 0.5) is 0 Å². The molecule has 136 valence electrons. The summed E-state index contributed by atoms with van der Waals surface area (Å²) in [4.78, 5) is 6.90. The first kappa shape index (κ1) is 19.6. The molecule has 3 rings (SSSR count). The van der Waals surface area contributed by atoms with E-state index in [1.165, 1.54) is 32.1 Å². The number of nitrogens with one attached hydrogen (secondary N) is 2. The molecule has 2 fully saturated rings. The zero-order chi connectivity index (χ0) is 16.1. The van der Waals surface area contributed by atoms with Crippen LogP contribution in [-0.2, 0) is 0 Å². The summed E-state index contributed by atoms with van der Waals surface area (Å²) in [5.41, 5.74) is 0. The van der Waals surface area contributed by atoms with Crippen molar-refractivity contribution in [3.8, 4) is 0 Å². The van der Waals surface area contributed by atoms with E-state index < -0.39 is 0 Å². The monoisotopic (exact) mass is 446 g/mol. The predicted molar refractivity (Wildman–Crippen MR) is 109 cm³/mol. The average molecular weight is 446 g/mol. The van der Waals surface area contributed by atoms with Crippen LogP contribution in [0.25, 0.3) is 0 Å². The summed E-state index contributed by atoms with van der Waals surface area (Å²) in [7, 11) is 1.85. The second-order valence-corrected chi connectivity index (χ2v) is 6.76. The Morgan fingerprint density at radius 1 is 1.42 bits per heavy atom. The van der Waals surface area contributed by atoms with Crippen molar-refractivity contribution in [3.05, 3.63) is 24.2 Å². The van der Waals surface area contributed by atoms with Gasteiger partial charge in [0.1, 0.15) is 5.76 Å². The van der Waals surface area contributed by atoms with Crippen LogP contribution in [0, 0.1) is 5.92 Å². The highest BCUT2D eigenvalue weighted by molar-refractivity contribution is 14.0. The summed E-state index contributed by atoms with van der Waals surface area (Å²) in [6, 6.07) is 4.95. The average Bonchev–Trinajstić information content (AvgIpc) is 3.03. The minimum absolute atomic E-state index is 0. The fraction of sp³-hybridized carbons (Fsp3) is 0.722. The molecule has 1 saturated carbocycles. The molecule has 0 radical (unpaired) electrons. The van der Waals surface area contributed by atoms with Crippen molar-refractivity contribution in [1.29, 1.82) is 0 Å². The zero-order valence-corrected chi connectivity index (χ0v) is 17.2. The van der Waals surface area contributed by atoms with E-state index in [0.29, 0.717) is 6.04 Å². The van der Waals surface area contributed by atoms with Crippen molar-refractivity contribution in [2.75, 3.05) is 26.7 Å². The molecule has 0 spiro atoms. The van der Waals surface area contributed by atoms with Gasteiger partial charge in [-0.15, -0.1) is 24.0 Å². The van der Waals surface area contributed by atoms with E-state index in [2.05, 4.69) is 33.5 Å². The van der Waals surface area contributed by atoms with Gasteiger partial charge >= 0.3 is 0 Å². The van der Waals surface area contributed by atoms with Crippen LogP contribution in [-0.4, -0.2) is 43.6 Å². The third-order valence-corrected chi connectivity index (χ3v) is 5.04. The summed E-state index contributed by atoms with van der Waals surface area (Å²) in [6.45, 7) is 5.39. The third kappa shape index (κ3) is 5.12. The molecule has 5 nitrogen and oxygen atoms in total. The highest BCUT2D eigenvalue weighted by Crippen LogP contribution is 2.34. The summed E-state index contributed by atoms with van der Waals surface area (Å²) < 4.78 is 5.67. The number of hydrogen-bond donors (Lipinski definition) is 2. The van der Waals surface area contributed by atoms with Gasteiger partial charge in [-0.25, -0.2) is 0 Å². The Hall–Kier alpha value is -0.760. The number of nitrogens with zero attached hydrogens (tertiary/aromatic N) is 2. The highest BCUT2D eigenvalue weighted by atomic mass is 127. The van der Waals surface area contributed by atoms with Crippen molar-refractivity contribution >= 4 is 29.9 Å². The lowest BCUT2D eigenvalue weighted by Gasteiger charge is -2.26. The summed E-state index contributed by atoms with van der Waals surface area (Å²) in [6.07, 6.45) is 8.20. The molecule has 0 aromatic carbocycles. The molecule has 1 aromatic heterocycles. The lowest BCUT2D eigenvalue weighted by Crippen LogP contribution is -2.43. The van der Waals surface area contributed by atoms with Gasteiger partial charge in [-0.1, -0.05) is 13.3 Å². The van der Waals surface area contributed by atoms with Crippen molar-refractivity contribution in [2.45, 2.75) is 51.1 Å². The van der Waals surface area contributed by atoms with Crippen molar-refractivity contribution < 1.29 is 4.42 Å². The SMILES string of the molecule is CCCC1CC1NC(=NC)NCC(c1ccco1)N1CCCC1.I. The molecule has 2 N–H and O–H groups in total. The first-order valence-electron chi connectivity index (χ1n) is 9.06. The molecular formula is C18H31IN4O. The summed E-state index contributed by atoms with van der Waals surface area (Å²) in [5.74, 6) is 2.80. The molecule has 3 unspecified atom stereocenters. The maximum absolute atomic E-state index is 5.67. The molecule has 24 heavy (non-hydrogen) atoms. The van der Waals surface area contributed by atoms with E-state index in [4.69, 9.17) is 4.42 Å². The fourth-order valence-electron chi connectivity index (χ4n) is 3.62. The predicted octanol–water partition coefficient (Wildman–Crippen LogP) is 3.39. The van der Waals surface area contributed by atoms with Crippen LogP contribution in [0.15, 0.2) is 27.8 Å². The first-order chi connectivity index (χ1) is 11.3.